The highest BCUT2D eigenvalue weighted by molar-refractivity contribution is 5.94. The highest BCUT2D eigenvalue weighted by Gasteiger charge is 2.08. The summed E-state index contributed by atoms with van der Waals surface area (Å²) in [5.74, 6) is 0.694. The molecule has 2 rings (SSSR count). The van der Waals surface area contributed by atoms with Crippen molar-refractivity contribution < 1.29 is 4.79 Å². The van der Waals surface area contributed by atoms with Crippen LogP contribution in [0.25, 0.3) is 0 Å². The van der Waals surface area contributed by atoms with Crippen molar-refractivity contribution in [2.75, 3.05) is 27.7 Å². The minimum atomic E-state index is 0.00175. The van der Waals surface area contributed by atoms with Crippen LogP contribution < -0.4 is 10.6 Å². The second-order valence-corrected chi connectivity index (χ2v) is 6.31. The van der Waals surface area contributed by atoms with Gasteiger partial charge in [0.25, 0.3) is 5.91 Å². The highest BCUT2D eigenvalue weighted by Crippen LogP contribution is 2.08. The maximum absolute atomic E-state index is 12.1. The van der Waals surface area contributed by atoms with E-state index < -0.39 is 0 Å². The molecule has 0 aromatic heterocycles. The van der Waals surface area contributed by atoms with Crippen molar-refractivity contribution in [2.24, 2.45) is 4.99 Å². The van der Waals surface area contributed by atoms with Gasteiger partial charge in [0.05, 0.1) is 11.6 Å². The first-order valence-corrected chi connectivity index (χ1v) is 8.77. The quantitative estimate of drug-likeness (QED) is 0.609. The van der Waals surface area contributed by atoms with E-state index in [1.54, 1.807) is 32.1 Å². The van der Waals surface area contributed by atoms with Crippen LogP contribution in [-0.2, 0) is 13.0 Å². The van der Waals surface area contributed by atoms with Crippen LogP contribution in [0, 0.1) is 11.3 Å². The Bertz CT molecular complexity index is 852. The Kier molecular flexibility index (Phi) is 7.38. The predicted octanol–water partition coefficient (Wildman–Crippen LogP) is 2.17. The second kappa shape index (κ2) is 9.97. The Morgan fingerprint density at radius 2 is 1.85 bits per heavy atom. The molecule has 2 N–H and O–H groups in total. The van der Waals surface area contributed by atoms with Crippen LogP contribution >= 0.6 is 0 Å². The van der Waals surface area contributed by atoms with E-state index in [9.17, 15) is 4.79 Å². The van der Waals surface area contributed by atoms with Crippen LogP contribution in [0.4, 0.5) is 0 Å². The second-order valence-electron chi connectivity index (χ2n) is 6.31. The zero-order valence-electron chi connectivity index (χ0n) is 16.0. The molecule has 0 radical (unpaired) electrons. The molecular weight excluding hydrogens is 338 g/mol. The van der Waals surface area contributed by atoms with Crippen LogP contribution in [0.3, 0.4) is 0 Å². The molecule has 0 aliphatic heterocycles. The van der Waals surface area contributed by atoms with Gasteiger partial charge in [-0.2, -0.15) is 5.26 Å². The van der Waals surface area contributed by atoms with E-state index in [4.69, 9.17) is 5.26 Å². The van der Waals surface area contributed by atoms with Gasteiger partial charge in [-0.15, -0.1) is 0 Å². The summed E-state index contributed by atoms with van der Waals surface area (Å²) in [5.41, 5.74) is 3.45. The van der Waals surface area contributed by atoms with Crippen LogP contribution in [0.2, 0.25) is 0 Å². The number of nitriles is 1. The maximum atomic E-state index is 12.1. The number of benzene rings is 2. The van der Waals surface area contributed by atoms with Crippen molar-refractivity contribution in [3.8, 4) is 6.07 Å². The molecular formula is C21H25N5O. The van der Waals surface area contributed by atoms with E-state index in [-0.39, 0.29) is 5.91 Å². The van der Waals surface area contributed by atoms with Gasteiger partial charge in [-0.1, -0.05) is 24.3 Å². The molecule has 0 heterocycles. The minimum Gasteiger partial charge on any atom is -0.356 e. The largest absolute Gasteiger partial charge is 0.356 e. The molecule has 27 heavy (non-hydrogen) atoms. The fraction of sp³-hybridized carbons (Fsp3) is 0.286. The highest BCUT2D eigenvalue weighted by atomic mass is 16.2. The zero-order valence-corrected chi connectivity index (χ0v) is 16.0. The lowest BCUT2D eigenvalue weighted by atomic mass is 10.1. The van der Waals surface area contributed by atoms with Gasteiger partial charge < -0.3 is 15.5 Å². The lowest BCUT2D eigenvalue weighted by Gasteiger charge is -2.13. The number of nitrogens with one attached hydrogen (secondary N) is 2. The summed E-state index contributed by atoms with van der Waals surface area (Å²) in [6.45, 7) is 1.28. The number of guanidine groups is 1. The Morgan fingerprint density at radius 1 is 1.11 bits per heavy atom. The molecule has 0 spiro atoms. The normalized spacial score (nSPS) is 10.8. The third-order valence-corrected chi connectivity index (χ3v) is 4.03. The molecule has 6 heteroatoms. The van der Waals surface area contributed by atoms with Gasteiger partial charge >= 0.3 is 0 Å². The number of nitrogens with zero attached hydrogens (tertiary/aromatic N) is 3. The maximum Gasteiger partial charge on any atom is 0.253 e. The summed E-state index contributed by atoms with van der Waals surface area (Å²) in [4.78, 5) is 17.8. The van der Waals surface area contributed by atoms with Crippen molar-refractivity contribution in [1.29, 1.82) is 5.26 Å². The summed E-state index contributed by atoms with van der Waals surface area (Å²) in [7, 11) is 5.22. The lowest BCUT2D eigenvalue weighted by Crippen LogP contribution is -2.37. The standard InChI is InChI=1S/C21H25N5O/c1-23-21(25-15-18-8-4-7-17(12-18)14-22)24-11-10-16-6-5-9-19(13-16)20(27)26(2)3/h4-9,12-13H,10-11,15H2,1-3H3,(H2,23,24,25). The van der Waals surface area contributed by atoms with Crippen LogP contribution in [0.1, 0.15) is 27.0 Å². The van der Waals surface area contributed by atoms with Crippen LogP contribution in [0.5, 0.6) is 0 Å². The van der Waals surface area contributed by atoms with Gasteiger partial charge in [0.15, 0.2) is 5.96 Å². The molecule has 0 saturated carbocycles. The van der Waals surface area contributed by atoms with Crippen LogP contribution in [-0.4, -0.2) is 44.5 Å². The molecule has 0 atom stereocenters. The minimum absolute atomic E-state index is 0.00175. The average Bonchev–Trinajstić information content (AvgIpc) is 2.70. The predicted molar refractivity (Wildman–Crippen MR) is 108 cm³/mol. The molecule has 0 fully saturated rings. The molecule has 2 aromatic carbocycles. The van der Waals surface area contributed by atoms with Gasteiger partial charge in [-0.05, 0) is 41.8 Å². The Labute approximate surface area is 160 Å². The molecule has 1 amide bonds. The Morgan fingerprint density at radius 3 is 2.56 bits per heavy atom. The first-order chi connectivity index (χ1) is 13.0. The van der Waals surface area contributed by atoms with E-state index in [2.05, 4.69) is 21.7 Å². The van der Waals surface area contributed by atoms with Crippen molar-refractivity contribution in [3.63, 3.8) is 0 Å². The number of amides is 1. The molecule has 0 bridgehead atoms. The van der Waals surface area contributed by atoms with Gasteiger partial charge in [0, 0.05) is 39.8 Å². The fourth-order valence-electron chi connectivity index (χ4n) is 2.60. The summed E-state index contributed by atoms with van der Waals surface area (Å²) in [6, 6.07) is 17.3. The summed E-state index contributed by atoms with van der Waals surface area (Å²) < 4.78 is 0. The number of carbonyl (C=O) groups is 1. The Hall–Kier alpha value is -3.33. The van der Waals surface area contributed by atoms with Gasteiger partial charge in [-0.3, -0.25) is 9.79 Å². The molecule has 0 aliphatic carbocycles. The monoisotopic (exact) mass is 363 g/mol. The lowest BCUT2D eigenvalue weighted by molar-refractivity contribution is 0.0827. The fourth-order valence-corrected chi connectivity index (χ4v) is 2.60. The first kappa shape index (κ1) is 20.0. The van der Waals surface area contributed by atoms with E-state index in [1.165, 1.54) is 0 Å². The van der Waals surface area contributed by atoms with E-state index in [0.29, 0.717) is 30.2 Å². The van der Waals surface area contributed by atoms with Gasteiger partial charge in [0.1, 0.15) is 0 Å². The SMILES string of the molecule is CN=C(NCCc1cccc(C(=O)N(C)C)c1)NCc1cccc(C#N)c1. The molecule has 0 unspecified atom stereocenters. The van der Waals surface area contributed by atoms with E-state index >= 15 is 0 Å². The molecule has 6 nitrogen and oxygen atoms in total. The Balaban J connectivity index is 1.85. The molecule has 0 saturated heterocycles. The molecule has 140 valence electrons. The van der Waals surface area contributed by atoms with Crippen molar-refractivity contribution in [3.05, 3.63) is 70.8 Å². The number of aliphatic imine (C=N–C) groups is 1. The number of rotatable bonds is 6. The third-order valence-electron chi connectivity index (χ3n) is 4.03. The third kappa shape index (κ3) is 6.15. The zero-order chi connectivity index (χ0) is 19.6. The summed E-state index contributed by atoms with van der Waals surface area (Å²) in [5, 5.41) is 15.5. The van der Waals surface area contributed by atoms with Gasteiger partial charge in [0.2, 0.25) is 0 Å². The van der Waals surface area contributed by atoms with E-state index in [0.717, 1.165) is 17.5 Å². The molecule has 2 aromatic rings. The first-order valence-electron chi connectivity index (χ1n) is 8.77. The number of hydrogen-bond donors (Lipinski definition) is 2. The smallest absolute Gasteiger partial charge is 0.253 e. The number of hydrogen-bond acceptors (Lipinski definition) is 3. The van der Waals surface area contributed by atoms with Gasteiger partial charge in [-0.25, -0.2) is 0 Å². The van der Waals surface area contributed by atoms with Crippen molar-refractivity contribution >= 4 is 11.9 Å². The van der Waals surface area contributed by atoms with Crippen LogP contribution in [0.15, 0.2) is 53.5 Å². The van der Waals surface area contributed by atoms with E-state index in [1.807, 2.05) is 42.5 Å². The average molecular weight is 363 g/mol. The summed E-state index contributed by atoms with van der Waals surface area (Å²) in [6.07, 6.45) is 0.777. The number of carbonyl (C=O) groups excluding carboxylic acids is 1. The van der Waals surface area contributed by atoms with Crippen molar-refractivity contribution in [1.82, 2.24) is 15.5 Å². The van der Waals surface area contributed by atoms with Crippen molar-refractivity contribution in [2.45, 2.75) is 13.0 Å². The topological polar surface area (TPSA) is 80.5 Å². The molecule has 0 aliphatic rings. The summed E-state index contributed by atoms with van der Waals surface area (Å²) >= 11 is 0.